The summed E-state index contributed by atoms with van der Waals surface area (Å²) in [5.74, 6) is 0.334. The second kappa shape index (κ2) is 3.14. The molecule has 1 saturated heterocycles. The van der Waals surface area contributed by atoms with Crippen molar-refractivity contribution in [2.75, 3.05) is 6.61 Å². The lowest BCUT2D eigenvalue weighted by Gasteiger charge is -2.53. The van der Waals surface area contributed by atoms with E-state index in [0.717, 1.165) is 24.8 Å². The van der Waals surface area contributed by atoms with Gasteiger partial charge in [-0.1, -0.05) is 26.0 Å². The molecular formula is C14H20O3. The van der Waals surface area contributed by atoms with Crippen LogP contribution in [0, 0.1) is 22.7 Å². The van der Waals surface area contributed by atoms with Gasteiger partial charge in [0.05, 0.1) is 6.61 Å². The van der Waals surface area contributed by atoms with E-state index in [-0.39, 0.29) is 30.0 Å². The molecule has 2 saturated carbocycles. The van der Waals surface area contributed by atoms with Crippen molar-refractivity contribution in [3.63, 3.8) is 0 Å². The van der Waals surface area contributed by atoms with E-state index < -0.39 is 5.41 Å². The Kier molecular flexibility index (Phi) is 2.08. The minimum Gasteiger partial charge on any atom is -0.461 e. The molecule has 3 fully saturated rings. The zero-order valence-corrected chi connectivity index (χ0v) is 10.5. The van der Waals surface area contributed by atoms with Crippen molar-refractivity contribution in [3.05, 3.63) is 12.2 Å². The summed E-state index contributed by atoms with van der Waals surface area (Å²) in [5, 5.41) is 9.68. The molecule has 17 heavy (non-hydrogen) atoms. The van der Waals surface area contributed by atoms with Gasteiger partial charge < -0.3 is 9.84 Å². The summed E-state index contributed by atoms with van der Waals surface area (Å²) in [6.45, 7) is 8.62. The summed E-state index contributed by atoms with van der Waals surface area (Å²) in [7, 11) is 0. The first-order valence-corrected chi connectivity index (χ1v) is 6.47. The summed E-state index contributed by atoms with van der Waals surface area (Å²) in [4.78, 5) is 12.1. The van der Waals surface area contributed by atoms with Gasteiger partial charge >= 0.3 is 5.97 Å². The van der Waals surface area contributed by atoms with Crippen LogP contribution in [0.4, 0.5) is 0 Å². The molecule has 0 aromatic carbocycles. The highest BCUT2D eigenvalue weighted by Gasteiger charge is 2.66. The monoisotopic (exact) mass is 236 g/mol. The van der Waals surface area contributed by atoms with Crippen molar-refractivity contribution in [3.8, 4) is 0 Å². The number of aliphatic hydroxyl groups is 1. The average molecular weight is 236 g/mol. The van der Waals surface area contributed by atoms with Crippen molar-refractivity contribution in [2.45, 2.75) is 39.2 Å². The van der Waals surface area contributed by atoms with E-state index in [9.17, 15) is 9.90 Å². The first-order valence-electron chi connectivity index (χ1n) is 6.47. The maximum absolute atomic E-state index is 12.1. The maximum atomic E-state index is 12.1. The number of aliphatic hydroxyl groups excluding tert-OH is 1. The molecule has 0 aromatic heterocycles. The van der Waals surface area contributed by atoms with E-state index in [0.29, 0.717) is 5.92 Å². The third-order valence-electron chi connectivity index (χ3n) is 5.79. The number of fused-ring (bicyclic) bond motifs is 1. The molecular weight excluding hydrogens is 216 g/mol. The molecule has 0 aromatic rings. The fraction of sp³-hybridized carbons (Fsp3) is 0.786. The SMILES string of the molecule is C=C1C2C3C[C@H](C)C1(C)CCC2(CO)C(=O)O3. The summed E-state index contributed by atoms with van der Waals surface area (Å²) in [6.07, 6.45) is 2.54. The average Bonchev–Trinajstić information content (AvgIpc) is 2.58. The predicted octanol–water partition coefficient (Wildman–Crippen LogP) is 1.90. The first kappa shape index (κ1) is 11.3. The molecule has 1 heterocycles. The summed E-state index contributed by atoms with van der Waals surface area (Å²) in [5.41, 5.74) is 0.572. The van der Waals surface area contributed by atoms with Gasteiger partial charge in [0.15, 0.2) is 0 Å². The molecule has 3 rings (SSSR count). The number of ether oxygens (including phenoxy) is 1. The third-order valence-corrected chi connectivity index (χ3v) is 5.79. The lowest BCUT2D eigenvalue weighted by Crippen LogP contribution is -2.52. The smallest absolute Gasteiger partial charge is 0.315 e. The maximum Gasteiger partial charge on any atom is 0.315 e. The molecule has 0 spiro atoms. The van der Waals surface area contributed by atoms with Gasteiger partial charge in [-0.15, -0.1) is 0 Å². The molecule has 0 amide bonds. The Balaban J connectivity index is 2.11. The van der Waals surface area contributed by atoms with E-state index in [2.05, 4.69) is 20.4 Å². The van der Waals surface area contributed by atoms with E-state index in [4.69, 9.17) is 4.74 Å². The normalized spacial score (nSPS) is 52.5. The lowest BCUT2D eigenvalue weighted by molar-refractivity contribution is -0.151. The second-order valence-corrected chi connectivity index (χ2v) is 6.32. The number of carbonyl (C=O) groups excluding carboxylic acids is 1. The molecule has 3 heteroatoms. The van der Waals surface area contributed by atoms with Crippen LogP contribution in [0.1, 0.15) is 33.1 Å². The van der Waals surface area contributed by atoms with Gasteiger partial charge in [0.25, 0.3) is 0 Å². The standard InChI is InChI=1S/C14H20O3/c1-8-6-10-11-9(2)13(8,3)4-5-14(11,7-15)12(16)17-10/h8,10-11,15H,2,4-7H2,1,3H3/t8-,10?,11?,13?,14?/m0/s1. The Morgan fingerprint density at radius 2 is 2.24 bits per heavy atom. The molecule has 94 valence electrons. The molecule has 2 aliphatic carbocycles. The Bertz CT molecular complexity index is 402. The van der Waals surface area contributed by atoms with Gasteiger partial charge in [0.2, 0.25) is 0 Å². The van der Waals surface area contributed by atoms with Gasteiger partial charge in [0, 0.05) is 5.92 Å². The summed E-state index contributed by atoms with van der Waals surface area (Å²) in [6, 6.07) is 0. The van der Waals surface area contributed by atoms with Gasteiger partial charge in [-0.25, -0.2) is 0 Å². The molecule has 1 aliphatic heterocycles. The van der Waals surface area contributed by atoms with Crippen LogP contribution in [0.15, 0.2) is 12.2 Å². The van der Waals surface area contributed by atoms with Crippen LogP contribution >= 0.6 is 0 Å². The van der Waals surface area contributed by atoms with Crippen LogP contribution in [0.25, 0.3) is 0 Å². The molecule has 5 atom stereocenters. The van der Waals surface area contributed by atoms with Crippen LogP contribution < -0.4 is 0 Å². The van der Waals surface area contributed by atoms with Gasteiger partial charge in [-0.05, 0) is 30.6 Å². The minimum absolute atomic E-state index is 0.0370. The highest BCUT2D eigenvalue weighted by Crippen LogP contribution is 2.64. The van der Waals surface area contributed by atoms with Crippen molar-refractivity contribution < 1.29 is 14.6 Å². The Morgan fingerprint density at radius 3 is 2.88 bits per heavy atom. The van der Waals surface area contributed by atoms with Gasteiger partial charge in [0.1, 0.15) is 11.5 Å². The van der Waals surface area contributed by atoms with Crippen molar-refractivity contribution in [1.29, 1.82) is 0 Å². The number of esters is 1. The molecule has 0 radical (unpaired) electrons. The first-order chi connectivity index (χ1) is 7.95. The molecule has 3 nitrogen and oxygen atoms in total. The van der Waals surface area contributed by atoms with Crippen LogP contribution in [0.3, 0.4) is 0 Å². The fourth-order valence-corrected chi connectivity index (χ4v) is 4.22. The van der Waals surface area contributed by atoms with Crippen LogP contribution in [-0.4, -0.2) is 23.8 Å². The largest absolute Gasteiger partial charge is 0.461 e. The number of rotatable bonds is 1. The highest BCUT2D eigenvalue weighted by molar-refractivity contribution is 5.81. The van der Waals surface area contributed by atoms with E-state index in [1.807, 2.05) is 0 Å². The molecule has 1 N–H and O–H groups in total. The zero-order chi connectivity index (χ0) is 12.4. The number of carbonyl (C=O) groups is 1. The molecule has 2 bridgehead atoms. The van der Waals surface area contributed by atoms with E-state index >= 15 is 0 Å². The molecule has 4 unspecified atom stereocenters. The van der Waals surface area contributed by atoms with Gasteiger partial charge in [-0.2, -0.15) is 0 Å². The number of hydrogen-bond acceptors (Lipinski definition) is 3. The van der Waals surface area contributed by atoms with Crippen molar-refractivity contribution in [2.24, 2.45) is 22.7 Å². The quantitative estimate of drug-likeness (QED) is 0.558. The predicted molar refractivity (Wildman–Crippen MR) is 63.2 cm³/mol. The van der Waals surface area contributed by atoms with Crippen LogP contribution in [0.2, 0.25) is 0 Å². The Morgan fingerprint density at radius 1 is 1.53 bits per heavy atom. The fourth-order valence-electron chi connectivity index (χ4n) is 4.22. The minimum atomic E-state index is -0.679. The van der Waals surface area contributed by atoms with E-state index in [1.165, 1.54) is 0 Å². The molecule has 3 aliphatic rings. The van der Waals surface area contributed by atoms with Crippen LogP contribution in [-0.2, 0) is 9.53 Å². The van der Waals surface area contributed by atoms with Crippen molar-refractivity contribution >= 4 is 5.97 Å². The van der Waals surface area contributed by atoms with E-state index in [1.54, 1.807) is 0 Å². The Hall–Kier alpha value is -0.830. The number of hydrogen-bond donors (Lipinski definition) is 1. The lowest BCUT2D eigenvalue weighted by atomic mass is 9.48. The topological polar surface area (TPSA) is 46.5 Å². The van der Waals surface area contributed by atoms with Crippen molar-refractivity contribution in [1.82, 2.24) is 0 Å². The summed E-state index contributed by atoms with van der Waals surface area (Å²) >= 11 is 0. The van der Waals surface area contributed by atoms with Crippen LogP contribution in [0.5, 0.6) is 0 Å². The third kappa shape index (κ3) is 1.09. The Labute approximate surface area is 102 Å². The van der Waals surface area contributed by atoms with Gasteiger partial charge in [-0.3, -0.25) is 4.79 Å². The highest BCUT2D eigenvalue weighted by atomic mass is 16.6. The zero-order valence-electron chi connectivity index (χ0n) is 10.5. The second-order valence-electron chi connectivity index (χ2n) is 6.32. The summed E-state index contributed by atoms with van der Waals surface area (Å²) < 4.78 is 5.52.